The monoisotopic (exact) mass is 322 g/mol. The highest BCUT2D eigenvalue weighted by Gasteiger charge is 2.17. The Morgan fingerprint density at radius 3 is 2.68 bits per heavy atom. The largest absolute Gasteiger partial charge is 0.493 e. The van der Waals surface area contributed by atoms with Crippen molar-refractivity contribution < 1.29 is 19.4 Å². The molecule has 0 saturated carbocycles. The molecule has 2 N–H and O–H groups in total. The van der Waals surface area contributed by atoms with E-state index in [-0.39, 0.29) is 19.1 Å². The third-order valence-corrected chi connectivity index (χ3v) is 4.24. The fourth-order valence-corrected chi connectivity index (χ4v) is 2.93. The van der Waals surface area contributed by atoms with Crippen LogP contribution in [0.25, 0.3) is 10.6 Å². The number of amides is 1. The first-order valence-electron chi connectivity index (χ1n) is 6.69. The number of methoxy groups -OCH3 is 2. The number of hydrogen-bond acceptors (Lipinski definition) is 6. The van der Waals surface area contributed by atoms with Gasteiger partial charge in [0, 0.05) is 12.1 Å². The lowest BCUT2D eigenvalue weighted by Gasteiger charge is -2.08. The third-order valence-electron chi connectivity index (χ3n) is 3.03. The highest BCUT2D eigenvalue weighted by Crippen LogP contribution is 2.34. The van der Waals surface area contributed by atoms with Crippen molar-refractivity contribution in [1.82, 2.24) is 10.3 Å². The Balaban J connectivity index is 2.32. The predicted molar refractivity (Wildman–Crippen MR) is 84.8 cm³/mol. The number of hydrogen-bond donors (Lipinski definition) is 2. The molecule has 22 heavy (non-hydrogen) atoms. The van der Waals surface area contributed by atoms with E-state index >= 15 is 0 Å². The number of aromatic nitrogens is 1. The maximum atomic E-state index is 12.0. The standard InChI is InChI=1S/C15H18N2O4S/c1-9-13(14(19)16-6-7-18)22-15(17-9)10-4-5-11(20-2)12(8-10)21-3/h4-5,8,18H,6-7H2,1-3H3,(H,16,19). The summed E-state index contributed by atoms with van der Waals surface area (Å²) in [6.45, 7) is 1.92. The van der Waals surface area contributed by atoms with Crippen molar-refractivity contribution in [2.45, 2.75) is 6.92 Å². The van der Waals surface area contributed by atoms with Gasteiger partial charge in [-0.05, 0) is 25.1 Å². The molecule has 0 aliphatic heterocycles. The van der Waals surface area contributed by atoms with Crippen LogP contribution in [0, 0.1) is 6.92 Å². The zero-order valence-electron chi connectivity index (χ0n) is 12.7. The molecule has 0 aliphatic rings. The van der Waals surface area contributed by atoms with Crippen LogP contribution in [0.3, 0.4) is 0 Å². The molecule has 0 radical (unpaired) electrons. The molecule has 2 rings (SSSR count). The van der Waals surface area contributed by atoms with Gasteiger partial charge in [0.1, 0.15) is 9.88 Å². The topological polar surface area (TPSA) is 80.7 Å². The summed E-state index contributed by atoms with van der Waals surface area (Å²) in [7, 11) is 3.15. The smallest absolute Gasteiger partial charge is 0.263 e. The van der Waals surface area contributed by atoms with E-state index < -0.39 is 0 Å². The number of carbonyl (C=O) groups excluding carboxylic acids is 1. The van der Waals surface area contributed by atoms with E-state index in [1.807, 2.05) is 12.1 Å². The molecule has 2 aromatic rings. The second-order valence-corrected chi connectivity index (χ2v) is 5.48. The lowest BCUT2D eigenvalue weighted by Crippen LogP contribution is -2.26. The Kier molecular flexibility index (Phi) is 5.35. The first-order chi connectivity index (χ1) is 10.6. The van der Waals surface area contributed by atoms with Gasteiger partial charge in [-0.25, -0.2) is 4.98 Å². The summed E-state index contributed by atoms with van der Waals surface area (Å²) >= 11 is 1.30. The average Bonchev–Trinajstić information content (AvgIpc) is 2.93. The molecule has 0 unspecified atom stereocenters. The lowest BCUT2D eigenvalue weighted by atomic mass is 10.2. The molecule has 7 heteroatoms. The van der Waals surface area contributed by atoms with Gasteiger partial charge < -0.3 is 19.9 Å². The van der Waals surface area contributed by atoms with Crippen LogP contribution in [0.5, 0.6) is 11.5 Å². The Bertz CT molecular complexity index is 670. The van der Waals surface area contributed by atoms with Gasteiger partial charge in [-0.1, -0.05) is 0 Å². The minimum absolute atomic E-state index is 0.0911. The normalized spacial score (nSPS) is 10.4. The molecule has 1 heterocycles. The Morgan fingerprint density at radius 1 is 1.32 bits per heavy atom. The van der Waals surface area contributed by atoms with E-state index in [1.54, 1.807) is 27.2 Å². The summed E-state index contributed by atoms with van der Waals surface area (Å²) in [5.74, 6) is 1.02. The van der Waals surface area contributed by atoms with Crippen molar-refractivity contribution in [2.75, 3.05) is 27.4 Å². The quantitative estimate of drug-likeness (QED) is 0.848. The van der Waals surface area contributed by atoms with E-state index in [0.29, 0.717) is 22.1 Å². The van der Waals surface area contributed by atoms with E-state index in [0.717, 1.165) is 10.6 Å². The fraction of sp³-hybridized carbons (Fsp3) is 0.333. The van der Waals surface area contributed by atoms with Gasteiger partial charge in [-0.2, -0.15) is 0 Å². The molecule has 0 atom stereocenters. The maximum absolute atomic E-state index is 12.0. The first-order valence-corrected chi connectivity index (χ1v) is 7.51. The van der Waals surface area contributed by atoms with E-state index in [2.05, 4.69) is 10.3 Å². The van der Waals surface area contributed by atoms with Crippen LogP contribution in [-0.2, 0) is 0 Å². The number of nitrogens with zero attached hydrogens (tertiary/aromatic N) is 1. The molecule has 6 nitrogen and oxygen atoms in total. The van der Waals surface area contributed by atoms with Gasteiger partial charge >= 0.3 is 0 Å². The second-order valence-electron chi connectivity index (χ2n) is 4.48. The van der Waals surface area contributed by atoms with Gasteiger partial charge in [0.25, 0.3) is 5.91 Å². The second kappa shape index (κ2) is 7.24. The van der Waals surface area contributed by atoms with Gasteiger partial charge in [-0.3, -0.25) is 4.79 Å². The van der Waals surface area contributed by atoms with Crippen LogP contribution in [0.4, 0.5) is 0 Å². The van der Waals surface area contributed by atoms with Gasteiger partial charge in [0.15, 0.2) is 11.5 Å². The van der Waals surface area contributed by atoms with Crippen molar-refractivity contribution in [3.05, 3.63) is 28.8 Å². The minimum atomic E-state index is -0.226. The molecule has 0 fully saturated rings. The van der Waals surface area contributed by atoms with Crippen molar-refractivity contribution in [3.63, 3.8) is 0 Å². The van der Waals surface area contributed by atoms with E-state index in [9.17, 15) is 4.79 Å². The molecular weight excluding hydrogens is 304 g/mol. The summed E-state index contributed by atoms with van der Waals surface area (Å²) in [4.78, 5) is 17.0. The van der Waals surface area contributed by atoms with Crippen molar-refractivity contribution in [1.29, 1.82) is 0 Å². The number of thiazole rings is 1. The molecule has 0 spiro atoms. The predicted octanol–water partition coefficient (Wildman–Crippen LogP) is 1.86. The van der Waals surface area contributed by atoms with Gasteiger partial charge in [0.2, 0.25) is 0 Å². The van der Waals surface area contributed by atoms with Crippen LogP contribution < -0.4 is 14.8 Å². The van der Waals surface area contributed by atoms with Crippen LogP contribution >= 0.6 is 11.3 Å². The average molecular weight is 322 g/mol. The van der Waals surface area contributed by atoms with Crippen LogP contribution in [-0.4, -0.2) is 43.4 Å². The first kappa shape index (κ1) is 16.3. The zero-order valence-corrected chi connectivity index (χ0v) is 13.5. The summed E-state index contributed by atoms with van der Waals surface area (Å²) in [5.41, 5.74) is 1.51. The van der Waals surface area contributed by atoms with Crippen molar-refractivity contribution in [3.8, 4) is 22.1 Å². The molecule has 1 aromatic carbocycles. The minimum Gasteiger partial charge on any atom is -0.493 e. The number of carbonyl (C=O) groups is 1. The summed E-state index contributed by atoms with van der Waals surface area (Å²) in [6, 6.07) is 5.50. The van der Waals surface area contributed by atoms with Gasteiger partial charge in [0.05, 0.1) is 26.5 Å². The number of rotatable bonds is 6. The highest BCUT2D eigenvalue weighted by molar-refractivity contribution is 7.17. The van der Waals surface area contributed by atoms with Crippen LogP contribution in [0.1, 0.15) is 15.4 Å². The summed E-state index contributed by atoms with van der Waals surface area (Å²) in [5, 5.41) is 12.1. The molecule has 1 amide bonds. The molecule has 1 aromatic heterocycles. The molecule has 0 bridgehead atoms. The van der Waals surface area contributed by atoms with Crippen molar-refractivity contribution >= 4 is 17.2 Å². The molecule has 0 saturated heterocycles. The number of aliphatic hydroxyl groups is 1. The number of aliphatic hydroxyl groups excluding tert-OH is 1. The van der Waals surface area contributed by atoms with Crippen LogP contribution in [0.15, 0.2) is 18.2 Å². The van der Waals surface area contributed by atoms with E-state index in [4.69, 9.17) is 14.6 Å². The Morgan fingerprint density at radius 2 is 2.05 bits per heavy atom. The summed E-state index contributed by atoms with van der Waals surface area (Å²) in [6.07, 6.45) is 0. The summed E-state index contributed by atoms with van der Waals surface area (Å²) < 4.78 is 10.5. The number of aryl methyl sites for hydroxylation is 1. The van der Waals surface area contributed by atoms with Crippen molar-refractivity contribution in [2.24, 2.45) is 0 Å². The van der Waals surface area contributed by atoms with Crippen LogP contribution in [0.2, 0.25) is 0 Å². The molecular formula is C15H18N2O4S. The maximum Gasteiger partial charge on any atom is 0.263 e. The highest BCUT2D eigenvalue weighted by atomic mass is 32.1. The zero-order chi connectivity index (χ0) is 16.1. The fourth-order valence-electron chi connectivity index (χ4n) is 1.95. The number of ether oxygens (including phenoxy) is 2. The Labute approximate surface area is 132 Å². The number of benzene rings is 1. The third kappa shape index (κ3) is 3.37. The van der Waals surface area contributed by atoms with Gasteiger partial charge in [-0.15, -0.1) is 11.3 Å². The molecule has 0 aliphatic carbocycles. The van der Waals surface area contributed by atoms with E-state index in [1.165, 1.54) is 11.3 Å². The molecule has 118 valence electrons. The lowest BCUT2D eigenvalue weighted by molar-refractivity contribution is 0.0948. The SMILES string of the molecule is COc1ccc(-c2nc(C)c(C(=O)NCCO)s2)cc1OC. The number of nitrogens with one attached hydrogen (secondary N) is 1. The Hall–Kier alpha value is -2.12.